The fourth-order valence-electron chi connectivity index (χ4n) is 1.65. The molecule has 1 aromatic rings. The van der Waals surface area contributed by atoms with E-state index in [1.165, 1.54) is 0 Å². The summed E-state index contributed by atoms with van der Waals surface area (Å²) in [5, 5.41) is 12.0. The molecule has 0 saturated heterocycles. The standard InChI is InChI=1S/C13H17NO3/c1-3-17-13(15)9-12(10(2)14-16)11-7-5-4-6-8-11/h4-8,12,16H,3,9H2,1-2H3/b14-10-/t12-/m1/s1. The van der Waals surface area contributed by atoms with Crippen LogP contribution in [0.4, 0.5) is 0 Å². The first-order valence-electron chi connectivity index (χ1n) is 5.58. The van der Waals surface area contributed by atoms with E-state index < -0.39 is 0 Å². The molecule has 0 aromatic heterocycles. The predicted molar refractivity (Wildman–Crippen MR) is 65.3 cm³/mol. The first-order valence-corrected chi connectivity index (χ1v) is 5.58. The number of ether oxygens (including phenoxy) is 1. The summed E-state index contributed by atoms with van der Waals surface area (Å²) in [6.45, 7) is 3.81. The second-order valence-electron chi connectivity index (χ2n) is 3.71. The molecule has 1 N–H and O–H groups in total. The van der Waals surface area contributed by atoms with Crippen LogP contribution in [0.5, 0.6) is 0 Å². The van der Waals surface area contributed by atoms with Gasteiger partial charge in [-0.1, -0.05) is 35.5 Å². The summed E-state index contributed by atoms with van der Waals surface area (Å²) in [4.78, 5) is 11.5. The zero-order chi connectivity index (χ0) is 12.7. The fraction of sp³-hybridized carbons (Fsp3) is 0.385. The van der Waals surface area contributed by atoms with Crippen LogP contribution >= 0.6 is 0 Å². The molecule has 0 aliphatic rings. The van der Waals surface area contributed by atoms with Crippen LogP contribution in [0, 0.1) is 0 Å². The lowest BCUT2D eigenvalue weighted by molar-refractivity contribution is -0.143. The Morgan fingerprint density at radius 3 is 2.59 bits per heavy atom. The van der Waals surface area contributed by atoms with Crippen molar-refractivity contribution in [2.75, 3.05) is 6.61 Å². The number of carbonyl (C=O) groups is 1. The highest BCUT2D eigenvalue weighted by Crippen LogP contribution is 2.21. The van der Waals surface area contributed by atoms with Crippen LogP contribution < -0.4 is 0 Å². The maximum atomic E-state index is 11.5. The first kappa shape index (κ1) is 13.2. The fourth-order valence-corrected chi connectivity index (χ4v) is 1.65. The van der Waals surface area contributed by atoms with Crippen LogP contribution in [0.2, 0.25) is 0 Å². The third-order valence-corrected chi connectivity index (χ3v) is 2.54. The molecule has 0 amide bonds. The second kappa shape index (κ2) is 6.68. The SMILES string of the molecule is CCOC(=O)C[C@H](/C(C)=N\O)c1ccccc1. The van der Waals surface area contributed by atoms with Gasteiger partial charge in [0.1, 0.15) is 0 Å². The van der Waals surface area contributed by atoms with Gasteiger partial charge in [0, 0.05) is 5.92 Å². The number of carbonyl (C=O) groups excluding carboxylic acids is 1. The Hall–Kier alpha value is -1.84. The minimum Gasteiger partial charge on any atom is -0.466 e. The largest absolute Gasteiger partial charge is 0.466 e. The molecule has 1 atom stereocenters. The summed E-state index contributed by atoms with van der Waals surface area (Å²) in [5.74, 6) is -0.524. The summed E-state index contributed by atoms with van der Waals surface area (Å²) in [6, 6.07) is 9.48. The molecule has 0 saturated carbocycles. The Morgan fingerprint density at radius 2 is 2.06 bits per heavy atom. The normalized spacial score (nSPS) is 13.2. The molecule has 0 aliphatic heterocycles. The van der Waals surface area contributed by atoms with E-state index in [0.29, 0.717) is 12.3 Å². The Labute approximate surface area is 101 Å². The van der Waals surface area contributed by atoms with Crippen molar-refractivity contribution in [3.63, 3.8) is 0 Å². The molecule has 0 fully saturated rings. The van der Waals surface area contributed by atoms with Gasteiger partial charge in [-0.3, -0.25) is 4.79 Å². The average Bonchev–Trinajstić information content (AvgIpc) is 2.36. The molecule has 0 unspecified atom stereocenters. The molecule has 4 heteroatoms. The van der Waals surface area contributed by atoms with E-state index in [-0.39, 0.29) is 18.3 Å². The zero-order valence-electron chi connectivity index (χ0n) is 10.1. The Morgan fingerprint density at radius 1 is 1.41 bits per heavy atom. The lowest BCUT2D eigenvalue weighted by Crippen LogP contribution is -2.16. The predicted octanol–water partition coefficient (Wildman–Crippen LogP) is 2.57. The van der Waals surface area contributed by atoms with Gasteiger partial charge in [0.05, 0.1) is 18.7 Å². The minimum atomic E-state index is -0.288. The van der Waals surface area contributed by atoms with E-state index in [4.69, 9.17) is 9.94 Å². The smallest absolute Gasteiger partial charge is 0.306 e. The summed E-state index contributed by atoms with van der Waals surface area (Å²) in [6.07, 6.45) is 0.188. The average molecular weight is 235 g/mol. The Kier molecular flexibility index (Phi) is 5.20. The van der Waals surface area contributed by atoms with Crippen molar-refractivity contribution in [2.24, 2.45) is 5.16 Å². The molecular weight excluding hydrogens is 218 g/mol. The minimum absolute atomic E-state index is 0.188. The molecule has 92 valence electrons. The van der Waals surface area contributed by atoms with Crippen molar-refractivity contribution in [2.45, 2.75) is 26.2 Å². The van der Waals surface area contributed by atoms with Gasteiger partial charge in [-0.05, 0) is 19.4 Å². The van der Waals surface area contributed by atoms with Crippen molar-refractivity contribution in [1.82, 2.24) is 0 Å². The highest BCUT2D eigenvalue weighted by atomic mass is 16.5. The van der Waals surface area contributed by atoms with Gasteiger partial charge < -0.3 is 9.94 Å². The zero-order valence-corrected chi connectivity index (χ0v) is 10.1. The molecule has 1 rings (SSSR count). The maximum Gasteiger partial charge on any atom is 0.306 e. The summed E-state index contributed by atoms with van der Waals surface area (Å²) >= 11 is 0. The lowest BCUT2D eigenvalue weighted by atomic mass is 9.92. The highest BCUT2D eigenvalue weighted by Gasteiger charge is 2.20. The van der Waals surface area contributed by atoms with Crippen molar-refractivity contribution in [1.29, 1.82) is 0 Å². The Balaban J connectivity index is 2.86. The number of oxime groups is 1. The third-order valence-electron chi connectivity index (χ3n) is 2.54. The molecule has 0 bridgehead atoms. The van der Waals surface area contributed by atoms with Gasteiger partial charge in [0.2, 0.25) is 0 Å². The summed E-state index contributed by atoms with van der Waals surface area (Å²) < 4.78 is 4.91. The number of benzene rings is 1. The van der Waals surface area contributed by atoms with Crippen LogP contribution in [0.3, 0.4) is 0 Å². The second-order valence-corrected chi connectivity index (χ2v) is 3.71. The van der Waals surface area contributed by atoms with Gasteiger partial charge in [-0.15, -0.1) is 0 Å². The van der Waals surface area contributed by atoms with Crippen molar-refractivity contribution in [3.05, 3.63) is 35.9 Å². The van der Waals surface area contributed by atoms with Crippen LogP contribution in [-0.4, -0.2) is 23.5 Å². The number of hydrogen-bond acceptors (Lipinski definition) is 4. The van der Waals surface area contributed by atoms with E-state index >= 15 is 0 Å². The number of nitrogens with zero attached hydrogens (tertiary/aromatic N) is 1. The molecular formula is C13H17NO3. The van der Waals surface area contributed by atoms with Crippen LogP contribution in [-0.2, 0) is 9.53 Å². The van der Waals surface area contributed by atoms with E-state index in [1.807, 2.05) is 30.3 Å². The van der Waals surface area contributed by atoms with Gasteiger partial charge in [0.25, 0.3) is 0 Å². The molecule has 4 nitrogen and oxygen atoms in total. The molecule has 0 spiro atoms. The summed E-state index contributed by atoms with van der Waals surface area (Å²) in [7, 11) is 0. The van der Waals surface area contributed by atoms with Gasteiger partial charge in [0.15, 0.2) is 0 Å². The van der Waals surface area contributed by atoms with E-state index in [2.05, 4.69) is 5.16 Å². The van der Waals surface area contributed by atoms with Crippen molar-refractivity contribution in [3.8, 4) is 0 Å². The quantitative estimate of drug-likeness (QED) is 0.369. The van der Waals surface area contributed by atoms with Gasteiger partial charge in [-0.25, -0.2) is 0 Å². The topological polar surface area (TPSA) is 58.9 Å². The van der Waals surface area contributed by atoms with Crippen molar-refractivity contribution < 1.29 is 14.7 Å². The van der Waals surface area contributed by atoms with Crippen LogP contribution in [0.15, 0.2) is 35.5 Å². The van der Waals surface area contributed by atoms with Crippen LogP contribution in [0.25, 0.3) is 0 Å². The molecule has 17 heavy (non-hydrogen) atoms. The highest BCUT2D eigenvalue weighted by molar-refractivity contribution is 5.91. The van der Waals surface area contributed by atoms with Crippen LogP contribution in [0.1, 0.15) is 31.7 Å². The molecule has 0 radical (unpaired) electrons. The number of hydrogen-bond donors (Lipinski definition) is 1. The maximum absolute atomic E-state index is 11.5. The van der Waals surface area contributed by atoms with Gasteiger partial charge in [-0.2, -0.15) is 0 Å². The van der Waals surface area contributed by atoms with Crippen molar-refractivity contribution >= 4 is 11.7 Å². The monoisotopic (exact) mass is 235 g/mol. The van der Waals surface area contributed by atoms with E-state index in [0.717, 1.165) is 5.56 Å². The first-order chi connectivity index (χ1) is 8.19. The third kappa shape index (κ3) is 3.90. The molecule has 0 aliphatic carbocycles. The Bertz CT molecular complexity index is 387. The molecule has 1 aromatic carbocycles. The molecule has 0 heterocycles. The number of esters is 1. The summed E-state index contributed by atoms with van der Waals surface area (Å²) in [5.41, 5.74) is 1.44. The lowest BCUT2D eigenvalue weighted by Gasteiger charge is -2.15. The van der Waals surface area contributed by atoms with E-state index in [9.17, 15) is 4.79 Å². The van der Waals surface area contributed by atoms with E-state index in [1.54, 1.807) is 13.8 Å². The number of rotatable bonds is 5. The van der Waals surface area contributed by atoms with Gasteiger partial charge >= 0.3 is 5.97 Å².